The molecule has 0 aliphatic rings. The molecule has 0 fully saturated rings. The largest absolute Gasteiger partial charge is 0.416 e. The average molecular weight is 364 g/mol. The highest BCUT2D eigenvalue weighted by molar-refractivity contribution is 5.76. The Morgan fingerprint density at radius 3 is 2.58 bits per heavy atom. The number of carbonyl (C=O) groups is 1. The van der Waals surface area contributed by atoms with E-state index in [1.807, 2.05) is 24.3 Å². The maximum atomic E-state index is 12.3. The van der Waals surface area contributed by atoms with Gasteiger partial charge in [-0.3, -0.25) is 4.79 Å². The number of aromatic nitrogens is 2. The van der Waals surface area contributed by atoms with Crippen molar-refractivity contribution in [2.45, 2.75) is 19.5 Å². The Hall–Kier alpha value is -3.03. The van der Waals surface area contributed by atoms with Crippen molar-refractivity contribution < 1.29 is 18.0 Å². The topological polar surface area (TPSA) is 83.8 Å². The van der Waals surface area contributed by atoms with Crippen LogP contribution < -0.4 is 11.1 Å². The molecular formula is C18H19F3N4O. The molecular weight excluding hydrogens is 345 g/mol. The normalized spacial score (nSPS) is 10.9. The van der Waals surface area contributed by atoms with Gasteiger partial charge >= 0.3 is 6.18 Å². The first kappa shape index (κ1) is 19.3. The number of aromatic amines is 1. The Morgan fingerprint density at radius 2 is 1.92 bits per heavy atom. The molecule has 138 valence electrons. The van der Waals surface area contributed by atoms with E-state index >= 15 is 0 Å². The summed E-state index contributed by atoms with van der Waals surface area (Å²) in [6.07, 6.45) is -3.92. The van der Waals surface area contributed by atoms with E-state index in [4.69, 9.17) is 5.73 Å². The summed E-state index contributed by atoms with van der Waals surface area (Å²) < 4.78 is 37.0. The maximum Gasteiger partial charge on any atom is 0.416 e. The van der Waals surface area contributed by atoms with Crippen LogP contribution in [0.25, 0.3) is 11.0 Å². The number of H-pyrrole nitrogens is 1. The van der Waals surface area contributed by atoms with E-state index in [9.17, 15) is 18.0 Å². The third kappa shape index (κ3) is 5.80. The molecule has 0 bridgehead atoms. The molecule has 0 aliphatic heterocycles. The molecule has 26 heavy (non-hydrogen) atoms. The molecule has 0 spiro atoms. The number of alkyl halides is 3. The second kappa shape index (κ2) is 8.37. The van der Waals surface area contributed by atoms with Gasteiger partial charge in [0.15, 0.2) is 5.95 Å². The van der Waals surface area contributed by atoms with Crippen molar-refractivity contribution in [2.75, 3.05) is 12.3 Å². The first-order valence-corrected chi connectivity index (χ1v) is 7.86. The van der Waals surface area contributed by atoms with Crippen LogP contribution in [0.4, 0.5) is 19.1 Å². The quantitative estimate of drug-likeness (QED) is 0.665. The number of hydrogen-bond acceptors (Lipinski definition) is 3. The van der Waals surface area contributed by atoms with E-state index in [1.54, 1.807) is 6.07 Å². The van der Waals surface area contributed by atoms with Gasteiger partial charge in [0.25, 0.3) is 0 Å². The number of nitrogens with one attached hydrogen (secondary N) is 2. The SMILES string of the molecule is CC(=O)NCCc1cccc(C(F)(F)F)c1.Nc1nc2ccccc2[nH]1. The van der Waals surface area contributed by atoms with Gasteiger partial charge in [-0.2, -0.15) is 13.2 Å². The molecule has 1 aromatic heterocycles. The zero-order chi connectivity index (χ0) is 19.2. The number of halogens is 3. The highest BCUT2D eigenvalue weighted by Crippen LogP contribution is 2.29. The van der Waals surface area contributed by atoms with Crippen molar-refractivity contribution in [3.8, 4) is 0 Å². The van der Waals surface area contributed by atoms with Crippen molar-refractivity contribution in [1.29, 1.82) is 0 Å². The van der Waals surface area contributed by atoms with Gasteiger partial charge in [-0.25, -0.2) is 4.98 Å². The Morgan fingerprint density at radius 1 is 1.19 bits per heavy atom. The summed E-state index contributed by atoms with van der Waals surface area (Å²) in [5.41, 5.74) is 7.23. The van der Waals surface area contributed by atoms with Crippen LogP contribution in [0.15, 0.2) is 48.5 Å². The van der Waals surface area contributed by atoms with Gasteiger partial charge in [0, 0.05) is 13.5 Å². The molecule has 5 nitrogen and oxygen atoms in total. The molecule has 8 heteroatoms. The standard InChI is InChI=1S/C11H12F3NO.C7H7N3/c1-8(16)15-6-5-9-3-2-4-10(7-9)11(12,13)14;8-7-9-5-3-1-2-4-6(5)10-7/h2-4,7H,5-6H2,1H3,(H,15,16);1-4H,(H3,8,9,10). The molecule has 3 rings (SSSR count). The van der Waals surface area contributed by atoms with Crippen LogP contribution in [0.5, 0.6) is 0 Å². The van der Waals surface area contributed by atoms with Gasteiger partial charge in [0.1, 0.15) is 0 Å². The Balaban J connectivity index is 0.000000206. The summed E-state index contributed by atoms with van der Waals surface area (Å²) in [5.74, 6) is 0.285. The number of fused-ring (bicyclic) bond motifs is 1. The molecule has 0 aliphatic carbocycles. The van der Waals surface area contributed by atoms with Gasteiger partial charge in [0.05, 0.1) is 16.6 Å². The van der Waals surface area contributed by atoms with Gasteiger partial charge in [0.2, 0.25) is 5.91 Å². The van der Waals surface area contributed by atoms with Crippen molar-refractivity contribution in [3.05, 3.63) is 59.7 Å². The number of imidazole rings is 1. The predicted octanol–water partition coefficient (Wildman–Crippen LogP) is 3.53. The fourth-order valence-electron chi connectivity index (χ4n) is 2.26. The lowest BCUT2D eigenvalue weighted by molar-refractivity contribution is -0.137. The third-order valence-corrected chi connectivity index (χ3v) is 3.45. The first-order chi connectivity index (χ1) is 12.3. The van der Waals surface area contributed by atoms with E-state index in [0.29, 0.717) is 24.5 Å². The van der Waals surface area contributed by atoms with Crippen LogP contribution in [0, 0.1) is 0 Å². The number of nitrogen functional groups attached to an aromatic ring is 1. The first-order valence-electron chi connectivity index (χ1n) is 7.86. The molecule has 1 amide bonds. The fourth-order valence-corrected chi connectivity index (χ4v) is 2.26. The number of hydrogen-bond donors (Lipinski definition) is 3. The van der Waals surface area contributed by atoms with Gasteiger partial charge < -0.3 is 16.0 Å². The number of para-hydroxylation sites is 2. The zero-order valence-corrected chi connectivity index (χ0v) is 14.1. The maximum absolute atomic E-state index is 12.3. The summed E-state index contributed by atoms with van der Waals surface area (Å²) in [7, 11) is 0. The molecule has 2 aromatic carbocycles. The number of carbonyl (C=O) groups excluding carboxylic acids is 1. The van der Waals surface area contributed by atoms with Crippen LogP contribution in [0.1, 0.15) is 18.1 Å². The van der Waals surface area contributed by atoms with Crippen molar-refractivity contribution in [2.24, 2.45) is 0 Å². The molecule has 0 saturated carbocycles. The van der Waals surface area contributed by atoms with Crippen LogP contribution in [-0.2, 0) is 17.4 Å². The van der Waals surface area contributed by atoms with E-state index < -0.39 is 11.7 Å². The van der Waals surface area contributed by atoms with E-state index in [1.165, 1.54) is 13.0 Å². The van der Waals surface area contributed by atoms with Crippen molar-refractivity contribution in [3.63, 3.8) is 0 Å². The van der Waals surface area contributed by atoms with Crippen molar-refractivity contribution >= 4 is 22.9 Å². The van der Waals surface area contributed by atoms with Crippen LogP contribution in [0.2, 0.25) is 0 Å². The molecule has 0 radical (unpaired) electrons. The summed E-state index contributed by atoms with van der Waals surface area (Å²) >= 11 is 0. The summed E-state index contributed by atoms with van der Waals surface area (Å²) in [4.78, 5) is 17.5. The highest BCUT2D eigenvalue weighted by Gasteiger charge is 2.30. The molecule has 0 saturated heterocycles. The van der Waals surface area contributed by atoms with E-state index in [0.717, 1.165) is 23.2 Å². The average Bonchev–Trinajstić information content (AvgIpc) is 2.95. The van der Waals surface area contributed by atoms with Crippen LogP contribution >= 0.6 is 0 Å². The second-order valence-corrected chi connectivity index (χ2v) is 5.57. The minimum atomic E-state index is -4.32. The number of nitrogens with zero attached hydrogens (tertiary/aromatic N) is 1. The van der Waals surface area contributed by atoms with E-state index in [2.05, 4.69) is 15.3 Å². The van der Waals surface area contributed by atoms with Crippen LogP contribution in [0.3, 0.4) is 0 Å². The predicted molar refractivity (Wildman–Crippen MR) is 94.3 cm³/mol. The number of rotatable bonds is 3. The van der Waals surface area contributed by atoms with Gasteiger partial charge in [-0.15, -0.1) is 0 Å². The van der Waals surface area contributed by atoms with Crippen LogP contribution in [-0.4, -0.2) is 22.4 Å². The van der Waals surface area contributed by atoms with Crippen molar-refractivity contribution in [1.82, 2.24) is 15.3 Å². The Kier molecular flexibility index (Phi) is 6.21. The lowest BCUT2D eigenvalue weighted by Crippen LogP contribution is -2.22. The minimum Gasteiger partial charge on any atom is -0.369 e. The second-order valence-electron chi connectivity index (χ2n) is 5.57. The molecule has 0 unspecified atom stereocenters. The molecule has 0 atom stereocenters. The van der Waals surface area contributed by atoms with E-state index in [-0.39, 0.29) is 5.91 Å². The Bertz CT molecular complexity index is 841. The monoisotopic (exact) mass is 364 g/mol. The lowest BCUT2D eigenvalue weighted by Gasteiger charge is -2.08. The Labute approximate surface area is 148 Å². The number of amides is 1. The van der Waals surface area contributed by atoms with Gasteiger partial charge in [-0.1, -0.05) is 30.3 Å². The highest BCUT2D eigenvalue weighted by atomic mass is 19.4. The molecule has 3 aromatic rings. The smallest absolute Gasteiger partial charge is 0.369 e. The zero-order valence-electron chi connectivity index (χ0n) is 14.1. The van der Waals surface area contributed by atoms with Gasteiger partial charge in [-0.05, 0) is 30.2 Å². The summed E-state index contributed by atoms with van der Waals surface area (Å²) in [6.45, 7) is 1.71. The number of benzene rings is 2. The summed E-state index contributed by atoms with van der Waals surface area (Å²) in [5, 5.41) is 2.53. The lowest BCUT2D eigenvalue weighted by atomic mass is 10.1. The third-order valence-electron chi connectivity index (χ3n) is 3.45. The minimum absolute atomic E-state index is 0.188. The molecule has 1 heterocycles. The number of nitrogens with two attached hydrogens (primary N) is 1. The fraction of sp³-hybridized carbons (Fsp3) is 0.222. The summed E-state index contributed by atoms with van der Waals surface area (Å²) in [6, 6.07) is 12.8. The number of anilines is 1. The molecule has 4 N–H and O–H groups in total.